The van der Waals surface area contributed by atoms with Gasteiger partial charge in [-0.1, -0.05) is 0 Å². The number of alkyl halides is 3. The Hall–Kier alpha value is -1.23. The van der Waals surface area contributed by atoms with Gasteiger partial charge in [0.05, 0.1) is 5.56 Å². The van der Waals surface area contributed by atoms with Gasteiger partial charge in [-0.3, -0.25) is 0 Å². The van der Waals surface area contributed by atoms with Crippen molar-refractivity contribution in [3.63, 3.8) is 0 Å². The maximum absolute atomic E-state index is 12.2. The van der Waals surface area contributed by atoms with Crippen LogP contribution in [0.5, 0.6) is 0 Å². The Morgan fingerprint density at radius 2 is 1.93 bits per heavy atom. The van der Waals surface area contributed by atoms with Crippen molar-refractivity contribution in [2.24, 2.45) is 0 Å². The first kappa shape index (κ1) is 10.8. The zero-order valence-electron chi connectivity index (χ0n) is 7.30. The molecule has 0 aliphatic carbocycles. The van der Waals surface area contributed by atoms with E-state index >= 15 is 0 Å². The number of rotatable bonds is 2. The highest BCUT2D eigenvalue weighted by molar-refractivity contribution is 5.49. The van der Waals surface area contributed by atoms with Gasteiger partial charge in [0.1, 0.15) is 0 Å². The molecule has 14 heavy (non-hydrogen) atoms. The monoisotopic (exact) mass is 205 g/mol. The second-order valence-corrected chi connectivity index (χ2v) is 2.88. The first-order valence-electron chi connectivity index (χ1n) is 4.01. The molecule has 0 atom stereocenters. The van der Waals surface area contributed by atoms with Gasteiger partial charge in [0.15, 0.2) is 0 Å². The van der Waals surface area contributed by atoms with Crippen molar-refractivity contribution >= 4 is 5.69 Å². The Balaban J connectivity index is 3.06. The molecule has 3 N–H and O–H groups in total. The summed E-state index contributed by atoms with van der Waals surface area (Å²) in [6.07, 6.45) is -4.23. The van der Waals surface area contributed by atoms with Crippen molar-refractivity contribution in [3.8, 4) is 0 Å². The van der Waals surface area contributed by atoms with Crippen LogP contribution in [0.1, 0.15) is 11.1 Å². The molecule has 5 heteroatoms. The van der Waals surface area contributed by atoms with Crippen LogP contribution in [0, 0.1) is 0 Å². The summed E-state index contributed by atoms with van der Waals surface area (Å²) >= 11 is 0. The number of nitrogen functional groups attached to an aromatic ring is 1. The summed E-state index contributed by atoms with van der Waals surface area (Å²) in [7, 11) is 0. The summed E-state index contributed by atoms with van der Waals surface area (Å²) < 4.78 is 36.7. The lowest BCUT2D eigenvalue weighted by molar-refractivity contribution is -0.137. The van der Waals surface area contributed by atoms with Gasteiger partial charge in [-0.2, -0.15) is 13.2 Å². The van der Waals surface area contributed by atoms with E-state index in [9.17, 15) is 13.2 Å². The highest BCUT2D eigenvalue weighted by Gasteiger charge is 2.30. The van der Waals surface area contributed by atoms with Gasteiger partial charge in [-0.25, -0.2) is 0 Å². The number of hydrogen-bond acceptors (Lipinski definition) is 2. The first-order chi connectivity index (χ1) is 6.45. The number of hydrogen-bond donors (Lipinski definition) is 2. The number of aliphatic hydroxyl groups is 1. The Morgan fingerprint density at radius 1 is 1.29 bits per heavy atom. The summed E-state index contributed by atoms with van der Waals surface area (Å²) in [4.78, 5) is 0. The Morgan fingerprint density at radius 3 is 2.43 bits per heavy atom. The lowest BCUT2D eigenvalue weighted by atomic mass is 10.1. The van der Waals surface area contributed by atoms with E-state index in [0.29, 0.717) is 5.56 Å². The first-order valence-corrected chi connectivity index (χ1v) is 4.01. The van der Waals surface area contributed by atoms with Crippen molar-refractivity contribution in [1.82, 2.24) is 0 Å². The molecular weight excluding hydrogens is 195 g/mol. The Bertz CT molecular complexity index is 322. The molecule has 0 heterocycles. The number of benzene rings is 1. The number of halogens is 3. The number of anilines is 1. The standard InChI is InChI=1S/C9H10F3NO/c10-9(11,12)7-1-2-8(13)6(5-7)3-4-14/h1-2,5,14H,3-4,13H2. The predicted molar refractivity (Wildman–Crippen MR) is 46.6 cm³/mol. The summed E-state index contributed by atoms with van der Waals surface area (Å²) in [5.74, 6) is 0. The lowest BCUT2D eigenvalue weighted by Crippen LogP contribution is -2.07. The summed E-state index contributed by atoms with van der Waals surface area (Å²) in [6.45, 7) is -0.217. The van der Waals surface area contributed by atoms with Crippen molar-refractivity contribution < 1.29 is 18.3 Å². The van der Waals surface area contributed by atoms with E-state index in [4.69, 9.17) is 10.8 Å². The van der Waals surface area contributed by atoms with Crippen LogP contribution in [-0.4, -0.2) is 11.7 Å². The van der Waals surface area contributed by atoms with Crippen molar-refractivity contribution in [2.75, 3.05) is 12.3 Å². The lowest BCUT2D eigenvalue weighted by Gasteiger charge is -2.10. The summed E-state index contributed by atoms with van der Waals surface area (Å²) in [5.41, 5.74) is 5.29. The third-order valence-corrected chi connectivity index (χ3v) is 1.85. The molecule has 0 unspecified atom stereocenters. The molecule has 1 aromatic carbocycles. The summed E-state index contributed by atoms with van der Waals surface area (Å²) in [5, 5.41) is 8.60. The second kappa shape index (κ2) is 3.88. The zero-order chi connectivity index (χ0) is 10.8. The molecule has 0 spiro atoms. The smallest absolute Gasteiger partial charge is 0.399 e. The maximum Gasteiger partial charge on any atom is 0.416 e. The van der Waals surface area contributed by atoms with Crippen molar-refractivity contribution in [2.45, 2.75) is 12.6 Å². The topological polar surface area (TPSA) is 46.2 Å². The number of aliphatic hydroxyl groups excluding tert-OH is 1. The molecule has 0 saturated carbocycles. The van der Waals surface area contributed by atoms with Gasteiger partial charge in [-0.05, 0) is 30.2 Å². The molecule has 2 nitrogen and oxygen atoms in total. The van der Waals surface area contributed by atoms with Gasteiger partial charge in [0, 0.05) is 12.3 Å². The highest BCUT2D eigenvalue weighted by Crippen LogP contribution is 2.31. The van der Waals surface area contributed by atoms with E-state index in [0.717, 1.165) is 12.1 Å². The van der Waals surface area contributed by atoms with Crippen LogP contribution in [-0.2, 0) is 12.6 Å². The van der Waals surface area contributed by atoms with E-state index < -0.39 is 11.7 Å². The minimum absolute atomic E-state index is 0.135. The molecule has 0 amide bonds. The average molecular weight is 205 g/mol. The molecule has 0 radical (unpaired) electrons. The molecule has 0 bridgehead atoms. The number of nitrogens with two attached hydrogens (primary N) is 1. The van der Waals surface area contributed by atoms with Crippen LogP contribution in [0.2, 0.25) is 0 Å². The van der Waals surface area contributed by atoms with E-state index in [1.54, 1.807) is 0 Å². The SMILES string of the molecule is Nc1ccc(C(F)(F)F)cc1CCO. The van der Waals surface area contributed by atoms with Crippen molar-refractivity contribution in [3.05, 3.63) is 29.3 Å². The van der Waals surface area contributed by atoms with E-state index in [2.05, 4.69) is 0 Å². The van der Waals surface area contributed by atoms with Gasteiger partial charge in [-0.15, -0.1) is 0 Å². The van der Waals surface area contributed by atoms with Gasteiger partial charge < -0.3 is 10.8 Å². The molecule has 0 aliphatic heterocycles. The molecule has 1 rings (SSSR count). The third kappa shape index (κ3) is 2.38. The van der Waals surface area contributed by atoms with Gasteiger partial charge >= 0.3 is 6.18 Å². The average Bonchev–Trinajstić information content (AvgIpc) is 2.07. The normalized spacial score (nSPS) is 11.7. The maximum atomic E-state index is 12.2. The molecule has 1 aromatic rings. The molecule has 0 aromatic heterocycles. The van der Waals surface area contributed by atoms with E-state index in [1.165, 1.54) is 6.07 Å². The van der Waals surface area contributed by atoms with Crippen LogP contribution in [0.15, 0.2) is 18.2 Å². The largest absolute Gasteiger partial charge is 0.416 e. The van der Waals surface area contributed by atoms with Crippen LogP contribution < -0.4 is 5.73 Å². The molecular formula is C9H10F3NO. The fourth-order valence-corrected chi connectivity index (χ4v) is 1.12. The predicted octanol–water partition coefficient (Wildman–Crippen LogP) is 1.82. The molecule has 78 valence electrons. The van der Waals surface area contributed by atoms with Crippen LogP contribution in [0.3, 0.4) is 0 Å². The second-order valence-electron chi connectivity index (χ2n) is 2.88. The highest BCUT2D eigenvalue weighted by atomic mass is 19.4. The Labute approximate surface area is 79.2 Å². The minimum atomic E-state index is -4.36. The fraction of sp³-hybridized carbons (Fsp3) is 0.333. The van der Waals surface area contributed by atoms with Crippen LogP contribution in [0.4, 0.5) is 18.9 Å². The quantitative estimate of drug-likeness (QED) is 0.723. The van der Waals surface area contributed by atoms with Gasteiger partial charge in [0.25, 0.3) is 0 Å². The fourth-order valence-electron chi connectivity index (χ4n) is 1.12. The third-order valence-electron chi connectivity index (χ3n) is 1.85. The zero-order valence-corrected chi connectivity index (χ0v) is 7.30. The summed E-state index contributed by atoms with van der Waals surface area (Å²) in [6, 6.07) is 3.09. The van der Waals surface area contributed by atoms with Crippen LogP contribution >= 0.6 is 0 Å². The molecule has 0 fully saturated rings. The Kier molecular flexibility index (Phi) is 3.00. The van der Waals surface area contributed by atoms with Crippen LogP contribution in [0.25, 0.3) is 0 Å². The molecule has 0 saturated heterocycles. The molecule has 0 aliphatic rings. The van der Waals surface area contributed by atoms with E-state index in [1.807, 2.05) is 0 Å². The minimum Gasteiger partial charge on any atom is -0.399 e. The van der Waals surface area contributed by atoms with Gasteiger partial charge in [0.2, 0.25) is 0 Å². The van der Waals surface area contributed by atoms with E-state index in [-0.39, 0.29) is 18.7 Å². The van der Waals surface area contributed by atoms with Crippen molar-refractivity contribution in [1.29, 1.82) is 0 Å².